The van der Waals surface area contributed by atoms with Crippen LogP contribution in [0.3, 0.4) is 0 Å². The van der Waals surface area contributed by atoms with Gasteiger partial charge in [-0.15, -0.1) is 0 Å². The predicted octanol–water partition coefficient (Wildman–Crippen LogP) is -6.46. The lowest BCUT2D eigenvalue weighted by atomic mass is 11.9. The summed E-state index contributed by atoms with van der Waals surface area (Å²) < 4.78 is 70.5. The van der Waals surface area contributed by atoms with E-state index in [1.54, 1.807) is 0 Å². The quantitative estimate of drug-likeness (QED) is 0.341. The van der Waals surface area contributed by atoms with Crippen LogP contribution in [0.15, 0.2) is 0 Å². The lowest BCUT2D eigenvalue weighted by molar-refractivity contribution is 0.0352. The minimum Gasteiger partial charge on any atom is -0.404 e. The molecule has 0 N–H and O–H groups in total. The summed E-state index contributed by atoms with van der Waals surface area (Å²) in [7, 11) is -20.0. The normalized spacial score (nSPS) is 57.0. The average molecular weight is 469 g/mol. The lowest BCUT2D eigenvalue weighted by Gasteiger charge is -2.47. The summed E-state index contributed by atoms with van der Waals surface area (Å²) in [6, 6.07) is 0. The summed E-state index contributed by atoms with van der Waals surface area (Å²) in [5.74, 6) is 0. The molecule has 21 heteroatoms. The fraction of sp³-hybridized carbons (Fsp3) is 1.00. The van der Waals surface area contributed by atoms with E-state index in [-0.39, 0.29) is 0 Å². The lowest BCUT2D eigenvalue weighted by Crippen LogP contribution is -2.71. The van der Waals surface area contributed by atoms with Crippen LogP contribution in [0.1, 0.15) is 0 Å². The van der Waals surface area contributed by atoms with Crippen molar-refractivity contribution in [2.45, 2.75) is 5.67 Å². The van der Waals surface area contributed by atoms with Gasteiger partial charge < -0.3 is 49.4 Å². The minimum absolute atomic E-state index is 0.374. The molecule has 0 aromatic carbocycles. The molecular formula is CH12O12Si9. The molecule has 6 saturated heterocycles. The maximum atomic E-state index is 6.06. The third-order valence-corrected chi connectivity index (χ3v) is 29.6. The van der Waals surface area contributed by atoms with Crippen LogP contribution in [-0.4, -0.2) is 85.7 Å². The Bertz CT molecular complexity index is 372. The Hall–Kier alpha value is 1.47. The van der Waals surface area contributed by atoms with Crippen molar-refractivity contribution >= 4 is 85.7 Å². The van der Waals surface area contributed by atoms with Gasteiger partial charge in [-0.25, -0.2) is 0 Å². The van der Waals surface area contributed by atoms with Crippen LogP contribution < -0.4 is 0 Å². The molecule has 12 nitrogen and oxygen atoms in total. The molecule has 6 heterocycles. The maximum absolute atomic E-state index is 6.06. The second kappa shape index (κ2) is 6.02. The van der Waals surface area contributed by atoms with E-state index in [0.717, 1.165) is 0 Å². The first-order valence-corrected chi connectivity index (χ1v) is 19.6. The van der Waals surface area contributed by atoms with Gasteiger partial charge in [0, 0.05) is 5.67 Å². The zero-order chi connectivity index (χ0) is 14.7. The van der Waals surface area contributed by atoms with Gasteiger partial charge in [0.1, 0.15) is 10.5 Å². The summed E-state index contributed by atoms with van der Waals surface area (Å²) in [4.78, 5) is 0. The van der Waals surface area contributed by atoms with Crippen molar-refractivity contribution in [1.29, 1.82) is 0 Å². The van der Waals surface area contributed by atoms with Crippen LogP contribution in [0.5, 0.6) is 0 Å². The second-order valence-corrected chi connectivity index (χ2v) is 25.3. The number of hydrogen-bond acceptors (Lipinski definition) is 12. The Kier molecular flexibility index (Phi) is 4.30. The molecule has 6 aliphatic rings. The number of rotatable bonds is 1. The highest BCUT2D eigenvalue weighted by Gasteiger charge is 2.61. The maximum Gasteiger partial charge on any atom is 0.643 e. The monoisotopic (exact) mass is 468 g/mol. The van der Waals surface area contributed by atoms with E-state index in [0.29, 0.717) is 16.2 Å². The highest BCUT2D eigenvalue weighted by atomic mass is 28.6. The van der Waals surface area contributed by atoms with Crippen molar-refractivity contribution in [2.75, 3.05) is 0 Å². The van der Waals surface area contributed by atoms with Gasteiger partial charge in [0.2, 0.25) is 0 Å². The Morgan fingerprint density at radius 3 is 1.82 bits per heavy atom. The summed E-state index contributed by atoms with van der Waals surface area (Å²) >= 11 is 0. The molecule has 6 aliphatic heterocycles. The first-order chi connectivity index (χ1) is 10.7. The molecule has 8 bridgehead atoms. The third kappa shape index (κ3) is 2.92. The van der Waals surface area contributed by atoms with Gasteiger partial charge in [0.05, 0.1) is 0 Å². The molecule has 0 aliphatic carbocycles. The molecular weight excluding hydrogens is 457 g/mol. The summed E-state index contributed by atoms with van der Waals surface area (Å²) in [6.07, 6.45) is 0. The highest BCUT2D eigenvalue weighted by Crippen LogP contribution is 2.30. The molecule has 6 fully saturated rings. The van der Waals surface area contributed by atoms with Gasteiger partial charge in [0.25, 0.3) is 0 Å². The average Bonchev–Trinajstić information content (AvgIpc) is 2.31. The third-order valence-electron chi connectivity index (χ3n) is 3.29. The Morgan fingerprint density at radius 2 is 1.14 bits per heavy atom. The molecule has 0 aromatic rings. The predicted molar refractivity (Wildman–Crippen MR) is 83.6 cm³/mol. The fourth-order valence-corrected chi connectivity index (χ4v) is 38.5. The zero-order valence-electron chi connectivity index (χ0n) is 11.1. The Balaban J connectivity index is 1.60. The SMILES string of the molecule is [SiH3]O[Si]12O[SiH]3C[SiH]4O[SiH]5O[SiH](O3)O[SiH](O[SiH](O5)O[SiH](O4)O1)O2. The number of hydrogen-bond donors (Lipinski definition) is 0. The van der Waals surface area contributed by atoms with Gasteiger partial charge in [-0.2, -0.15) is 0 Å². The van der Waals surface area contributed by atoms with E-state index in [2.05, 4.69) is 0 Å². The van der Waals surface area contributed by atoms with Gasteiger partial charge in [0.15, 0.2) is 0 Å². The van der Waals surface area contributed by atoms with Crippen LogP contribution >= 0.6 is 0 Å². The van der Waals surface area contributed by atoms with E-state index in [9.17, 15) is 0 Å². The molecule has 0 radical (unpaired) electrons. The molecule has 0 amide bonds. The summed E-state index contributed by atoms with van der Waals surface area (Å²) in [5.41, 5.74) is 0.599. The van der Waals surface area contributed by atoms with E-state index < -0.39 is 75.3 Å². The van der Waals surface area contributed by atoms with Crippen LogP contribution in [0, 0.1) is 0 Å². The first kappa shape index (κ1) is 15.7. The highest BCUT2D eigenvalue weighted by molar-refractivity contribution is 6.88. The molecule has 124 valence electrons. The Labute approximate surface area is 140 Å². The second-order valence-electron chi connectivity index (χ2n) is 4.68. The van der Waals surface area contributed by atoms with Crippen LogP contribution in [0.2, 0.25) is 5.67 Å². The van der Waals surface area contributed by atoms with Crippen molar-refractivity contribution in [3.63, 3.8) is 0 Å². The standard InChI is InChI=1S/CH12O12Si9/c14-2-22-11-16-1-15-3-17-6-18(5-16)8-21(13-22)10-19(7-17)9-20(4-15)12-22/h15-21H,1H2,14H3. The van der Waals surface area contributed by atoms with E-state index in [1.165, 1.54) is 0 Å². The van der Waals surface area contributed by atoms with Crippen LogP contribution in [0.25, 0.3) is 0 Å². The summed E-state index contributed by atoms with van der Waals surface area (Å²) in [6.45, 7) is 0. The van der Waals surface area contributed by atoms with E-state index >= 15 is 0 Å². The molecule has 0 saturated carbocycles. The van der Waals surface area contributed by atoms with Crippen LogP contribution in [0.4, 0.5) is 0 Å². The Morgan fingerprint density at radius 1 is 0.636 bits per heavy atom. The smallest absolute Gasteiger partial charge is 0.404 e. The molecule has 22 heavy (non-hydrogen) atoms. The van der Waals surface area contributed by atoms with Crippen molar-refractivity contribution in [1.82, 2.24) is 0 Å². The molecule has 0 aromatic heterocycles. The van der Waals surface area contributed by atoms with Gasteiger partial charge >= 0.3 is 75.3 Å². The largest absolute Gasteiger partial charge is 0.643 e. The van der Waals surface area contributed by atoms with Gasteiger partial charge in [-0.1, -0.05) is 0 Å². The fourth-order valence-electron chi connectivity index (χ4n) is 2.35. The van der Waals surface area contributed by atoms with Crippen LogP contribution in [-0.2, 0) is 49.4 Å². The van der Waals surface area contributed by atoms with E-state index in [4.69, 9.17) is 49.4 Å². The molecule has 6 rings (SSSR count). The minimum atomic E-state index is -3.39. The molecule has 0 spiro atoms. The topological polar surface area (TPSA) is 111 Å². The summed E-state index contributed by atoms with van der Waals surface area (Å²) in [5, 5.41) is 0. The van der Waals surface area contributed by atoms with Crippen molar-refractivity contribution in [2.24, 2.45) is 0 Å². The van der Waals surface area contributed by atoms with Gasteiger partial charge in [-0.3, -0.25) is 0 Å². The van der Waals surface area contributed by atoms with Crippen molar-refractivity contribution in [3.8, 4) is 0 Å². The van der Waals surface area contributed by atoms with E-state index in [1.807, 2.05) is 0 Å². The van der Waals surface area contributed by atoms with Crippen molar-refractivity contribution < 1.29 is 49.4 Å². The van der Waals surface area contributed by atoms with Crippen molar-refractivity contribution in [3.05, 3.63) is 0 Å². The zero-order valence-corrected chi connectivity index (χ0v) is 22.2. The van der Waals surface area contributed by atoms with Gasteiger partial charge in [-0.05, 0) is 0 Å². The molecule has 8 unspecified atom stereocenters. The molecule has 8 atom stereocenters. The first-order valence-electron chi connectivity index (χ1n) is 6.52.